The van der Waals surface area contributed by atoms with Crippen LogP contribution in [0.15, 0.2) is 18.6 Å². The van der Waals surface area contributed by atoms with Gasteiger partial charge in [0.2, 0.25) is 11.9 Å². The van der Waals surface area contributed by atoms with E-state index >= 15 is 0 Å². The Hall–Kier alpha value is -2.39. The second-order valence-corrected chi connectivity index (χ2v) is 9.29. The summed E-state index contributed by atoms with van der Waals surface area (Å²) in [5.41, 5.74) is 1.12. The maximum Gasteiger partial charge on any atom is 0.229 e. The van der Waals surface area contributed by atoms with E-state index in [1.54, 1.807) is 23.3 Å². The van der Waals surface area contributed by atoms with Gasteiger partial charge in [-0.05, 0) is 43.9 Å². The number of aliphatic hydroxyl groups excluding tert-OH is 1. The van der Waals surface area contributed by atoms with E-state index < -0.39 is 0 Å². The highest BCUT2D eigenvalue weighted by Crippen LogP contribution is 2.45. The van der Waals surface area contributed by atoms with E-state index in [-0.39, 0.29) is 12.5 Å². The highest BCUT2D eigenvalue weighted by Gasteiger charge is 2.38. The largest absolute Gasteiger partial charge is 0.394 e. The van der Waals surface area contributed by atoms with Gasteiger partial charge in [0.15, 0.2) is 5.82 Å². The molecule has 2 aromatic rings. The van der Waals surface area contributed by atoms with Crippen LogP contribution in [0.1, 0.15) is 51.9 Å². The second kappa shape index (κ2) is 10.0. The molecule has 2 aromatic heterocycles. The number of carbonyl (C=O) groups excluding carboxylic acids is 1. The fraction of sp³-hybridized carbons (Fsp3) is 0.636. The lowest BCUT2D eigenvalue weighted by Crippen LogP contribution is -2.45. The number of hydrogen-bond acceptors (Lipinski definition) is 7. The highest BCUT2D eigenvalue weighted by molar-refractivity contribution is 6.32. The molecule has 0 aromatic carbocycles. The third-order valence-electron chi connectivity index (χ3n) is 6.83. The molecule has 0 radical (unpaired) electrons. The summed E-state index contributed by atoms with van der Waals surface area (Å²) >= 11 is 6.37. The molecule has 32 heavy (non-hydrogen) atoms. The van der Waals surface area contributed by atoms with Crippen molar-refractivity contribution in [3.63, 3.8) is 0 Å². The lowest BCUT2D eigenvalue weighted by molar-refractivity contribution is -0.133. The summed E-state index contributed by atoms with van der Waals surface area (Å²) in [5, 5.41) is 20.3. The number of piperidine rings is 1. The van der Waals surface area contributed by atoms with Crippen LogP contribution >= 0.6 is 11.6 Å². The molecular weight excluding hydrogens is 430 g/mol. The average molecular weight is 462 g/mol. The summed E-state index contributed by atoms with van der Waals surface area (Å²) in [6, 6.07) is 0.323. The van der Waals surface area contributed by atoms with Gasteiger partial charge in [0.25, 0.3) is 0 Å². The molecule has 4 rings (SSSR count). The number of aromatic nitrogens is 4. The van der Waals surface area contributed by atoms with Gasteiger partial charge in [0.1, 0.15) is 5.02 Å². The minimum absolute atomic E-state index is 0.0322. The van der Waals surface area contributed by atoms with Gasteiger partial charge in [-0.25, -0.2) is 4.98 Å². The Bertz CT molecular complexity index is 917. The minimum Gasteiger partial charge on any atom is -0.394 e. The molecule has 1 aliphatic carbocycles. The van der Waals surface area contributed by atoms with E-state index in [9.17, 15) is 4.79 Å². The molecule has 0 unspecified atom stereocenters. The van der Waals surface area contributed by atoms with Crippen LogP contribution in [0.5, 0.6) is 0 Å². The predicted molar refractivity (Wildman–Crippen MR) is 124 cm³/mol. The number of nitrogens with zero attached hydrogens (tertiary/aromatic N) is 5. The van der Waals surface area contributed by atoms with Gasteiger partial charge in [-0.1, -0.05) is 18.5 Å². The monoisotopic (exact) mass is 461 g/mol. The zero-order chi connectivity index (χ0) is 22.6. The van der Waals surface area contributed by atoms with Crippen molar-refractivity contribution in [2.24, 2.45) is 5.41 Å². The first-order valence-corrected chi connectivity index (χ1v) is 11.9. The number of anilines is 3. The van der Waals surface area contributed by atoms with Crippen LogP contribution in [0.4, 0.5) is 17.5 Å². The molecule has 9 nitrogen and oxygen atoms in total. The van der Waals surface area contributed by atoms with Crippen LogP contribution in [0.25, 0.3) is 0 Å². The fourth-order valence-electron chi connectivity index (χ4n) is 4.83. The predicted octanol–water partition coefficient (Wildman–Crippen LogP) is 3.44. The quantitative estimate of drug-likeness (QED) is 0.579. The van der Waals surface area contributed by atoms with Gasteiger partial charge in [0.05, 0.1) is 31.2 Å². The van der Waals surface area contributed by atoms with Crippen molar-refractivity contribution in [1.82, 2.24) is 24.6 Å². The van der Waals surface area contributed by atoms with E-state index in [0.29, 0.717) is 41.2 Å². The summed E-state index contributed by atoms with van der Waals surface area (Å²) in [4.78, 5) is 22.8. The van der Waals surface area contributed by atoms with Crippen molar-refractivity contribution >= 4 is 35.0 Å². The lowest BCUT2D eigenvalue weighted by atomic mass is 9.67. The van der Waals surface area contributed by atoms with E-state index in [0.717, 1.165) is 57.3 Å². The number of carbonyl (C=O) groups is 1. The Labute approximate surface area is 193 Å². The van der Waals surface area contributed by atoms with Crippen molar-refractivity contribution in [2.45, 2.75) is 64.5 Å². The standard InChI is InChI=1S/C22H32ClN7O2/c1-2-19(32)29-9-7-22(8-10-29)5-3-16(4-6-22)26-20-18(23)14-24-21(28-20)27-17-13-25-30(15-17)11-12-31/h13-16,31H,2-12H2,1H3,(H2,24,26,27,28). The number of hydrogen-bond donors (Lipinski definition) is 3. The summed E-state index contributed by atoms with van der Waals surface area (Å²) < 4.78 is 1.65. The molecule has 174 valence electrons. The third-order valence-corrected chi connectivity index (χ3v) is 7.11. The molecule has 3 N–H and O–H groups in total. The Balaban J connectivity index is 1.32. The average Bonchev–Trinajstić information content (AvgIpc) is 3.25. The summed E-state index contributed by atoms with van der Waals surface area (Å²) in [7, 11) is 0. The molecule has 1 saturated heterocycles. The first-order valence-electron chi connectivity index (χ1n) is 11.5. The second-order valence-electron chi connectivity index (χ2n) is 8.88. The Morgan fingerprint density at radius 1 is 1.25 bits per heavy atom. The Morgan fingerprint density at radius 2 is 2.00 bits per heavy atom. The molecule has 3 heterocycles. The molecule has 10 heteroatoms. The minimum atomic E-state index is 0.0322. The van der Waals surface area contributed by atoms with E-state index in [2.05, 4.69) is 25.7 Å². The maximum atomic E-state index is 12.0. The molecule has 1 saturated carbocycles. The number of rotatable bonds is 7. The summed E-state index contributed by atoms with van der Waals surface area (Å²) in [6.07, 6.45) is 12.3. The number of aliphatic hydroxyl groups is 1. The van der Waals surface area contributed by atoms with E-state index in [1.807, 2.05) is 11.8 Å². The smallest absolute Gasteiger partial charge is 0.229 e. The van der Waals surface area contributed by atoms with Crippen LogP contribution in [0.3, 0.4) is 0 Å². The number of amides is 1. The zero-order valence-electron chi connectivity index (χ0n) is 18.6. The number of halogens is 1. The van der Waals surface area contributed by atoms with Gasteiger partial charge >= 0.3 is 0 Å². The Kier molecular flexibility index (Phi) is 7.15. The van der Waals surface area contributed by atoms with Crippen molar-refractivity contribution in [3.8, 4) is 0 Å². The molecule has 2 aliphatic rings. The number of nitrogens with one attached hydrogen (secondary N) is 2. The summed E-state index contributed by atoms with van der Waals surface area (Å²) in [5.74, 6) is 1.36. The van der Waals surface area contributed by atoms with Crippen molar-refractivity contribution < 1.29 is 9.90 Å². The van der Waals surface area contributed by atoms with Crippen molar-refractivity contribution in [3.05, 3.63) is 23.6 Å². The molecule has 2 fully saturated rings. The maximum absolute atomic E-state index is 12.0. The van der Waals surface area contributed by atoms with Gasteiger partial charge < -0.3 is 20.6 Å². The van der Waals surface area contributed by atoms with E-state index in [1.165, 1.54) is 0 Å². The normalized spacial score (nSPS) is 18.7. The van der Waals surface area contributed by atoms with Gasteiger partial charge in [0, 0.05) is 31.7 Å². The molecule has 1 amide bonds. The van der Waals surface area contributed by atoms with Crippen molar-refractivity contribution in [2.75, 3.05) is 30.3 Å². The van der Waals surface area contributed by atoms with Gasteiger partial charge in [-0.3, -0.25) is 9.48 Å². The molecule has 1 aliphatic heterocycles. The van der Waals surface area contributed by atoms with Crippen LogP contribution in [0, 0.1) is 5.41 Å². The molecule has 0 atom stereocenters. The first-order chi connectivity index (χ1) is 15.5. The van der Waals surface area contributed by atoms with Gasteiger partial charge in [-0.2, -0.15) is 10.1 Å². The molecular formula is C22H32ClN7O2. The molecule has 0 bridgehead atoms. The van der Waals surface area contributed by atoms with Crippen LogP contribution < -0.4 is 10.6 Å². The van der Waals surface area contributed by atoms with Crippen LogP contribution in [-0.2, 0) is 11.3 Å². The van der Waals surface area contributed by atoms with Crippen molar-refractivity contribution in [1.29, 1.82) is 0 Å². The molecule has 1 spiro atoms. The van der Waals surface area contributed by atoms with E-state index in [4.69, 9.17) is 16.7 Å². The SMILES string of the molecule is CCC(=O)N1CCC2(CCC(Nc3nc(Nc4cnn(CCO)c4)ncc3Cl)CC2)CC1. The first kappa shape index (κ1) is 22.8. The van der Waals surface area contributed by atoms with Crippen LogP contribution in [-0.4, -0.2) is 61.4 Å². The number of likely N-dealkylation sites (tertiary alicyclic amines) is 1. The zero-order valence-corrected chi connectivity index (χ0v) is 19.3. The topological polar surface area (TPSA) is 108 Å². The van der Waals surface area contributed by atoms with Crippen LogP contribution in [0.2, 0.25) is 5.02 Å². The highest BCUT2D eigenvalue weighted by atomic mass is 35.5. The Morgan fingerprint density at radius 3 is 2.69 bits per heavy atom. The fourth-order valence-corrected chi connectivity index (χ4v) is 4.98. The summed E-state index contributed by atoms with van der Waals surface area (Å²) in [6.45, 7) is 4.20. The third kappa shape index (κ3) is 5.32. The lowest BCUT2D eigenvalue weighted by Gasteiger charge is -2.46. The van der Waals surface area contributed by atoms with Gasteiger partial charge in [-0.15, -0.1) is 0 Å².